The first-order valence-electron chi connectivity index (χ1n) is 8.28. The zero-order valence-corrected chi connectivity index (χ0v) is 13.3. The molecule has 1 saturated heterocycles. The van der Waals surface area contributed by atoms with Crippen LogP contribution in [0.5, 0.6) is 0 Å². The van der Waals surface area contributed by atoms with Crippen molar-refractivity contribution in [2.24, 2.45) is 0 Å². The summed E-state index contributed by atoms with van der Waals surface area (Å²) >= 11 is 0. The third kappa shape index (κ3) is 4.94. The second kappa shape index (κ2) is 7.66. The lowest BCUT2D eigenvalue weighted by Gasteiger charge is -2.31. The fourth-order valence-electron chi connectivity index (χ4n) is 3.06. The normalized spacial score (nSPS) is 20.9. The zero-order valence-electron chi connectivity index (χ0n) is 13.3. The largest absolute Gasteiger partial charge is 0.390 e. The highest BCUT2D eigenvalue weighted by Gasteiger charge is 2.31. The molecule has 23 heavy (non-hydrogen) atoms. The van der Waals surface area contributed by atoms with Crippen LogP contribution in [0.15, 0.2) is 18.2 Å². The van der Waals surface area contributed by atoms with Crippen molar-refractivity contribution in [1.82, 2.24) is 9.80 Å². The van der Waals surface area contributed by atoms with E-state index in [2.05, 4.69) is 9.80 Å². The molecule has 3 rings (SSSR count). The molecule has 1 heterocycles. The minimum atomic E-state index is -0.559. The van der Waals surface area contributed by atoms with Gasteiger partial charge in [0.15, 0.2) is 0 Å². The molecule has 6 heteroatoms. The summed E-state index contributed by atoms with van der Waals surface area (Å²) in [4.78, 5) is 4.30. The number of ether oxygens (including phenoxy) is 1. The smallest absolute Gasteiger partial charge is 0.130 e. The number of hydrogen-bond donors (Lipinski definition) is 1. The Hall–Kier alpha value is -1.08. The number of hydrogen-bond acceptors (Lipinski definition) is 4. The summed E-state index contributed by atoms with van der Waals surface area (Å²) in [6.45, 7) is 4.63. The number of rotatable bonds is 7. The number of β-amino-alcohol motifs (C(OH)–C–C–N with tert-alkyl or cyclic N) is 1. The van der Waals surface area contributed by atoms with Crippen LogP contribution >= 0.6 is 0 Å². The van der Waals surface area contributed by atoms with Crippen LogP contribution in [-0.2, 0) is 11.3 Å². The van der Waals surface area contributed by atoms with Crippen LogP contribution in [0.4, 0.5) is 8.78 Å². The van der Waals surface area contributed by atoms with Gasteiger partial charge in [-0.05, 0) is 18.9 Å². The van der Waals surface area contributed by atoms with Gasteiger partial charge in [0.1, 0.15) is 11.6 Å². The highest BCUT2D eigenvalue weighted by atomic mass is 19.1. The van der Waals surface area contributed by atoms with E-state index in [0.717, 1.165) is 32.0 Å². The lowest BCUT2D eigenvalue weighted by molar-refractivity contribution is 0.00543. The average Bonchev–Trinajstić information content (AvgIpc) is 3.35. The maximum absolute atomic E-state index is 13.9. The van der Waals surface area contributed by atoms with E-state index in [1.54, 1.807) is 0 Å². The van der Waals surface area contributed by atoms with Crippen LogP contribution in [0, 0.1) is 11.6 Å². The Bertz CT molecular complexity index is 519. The van der Waals surface area contributed by atoms with Gasteiger partial charge in [0.25, 0.3) is 0 Å². The summed E-state index contributed by atoms with van der Waals surface area (Å²) in [5, 5.41) is 10.4. The van der Waals surface area contributed by atoms with E-state index in [1.807, 2.05) is 0 Å². The van der Waals surface area contributed by atoms with Gasteiger partial charge in [-0.2, -0.15) is 0 Å². The van der Waals surface area contributed by atoms with Crippen LogP contribution in [0.25, 0.3) is 0 Å². The predicted octanol–water partition coefficient (Wildman–Crippen LogP) is 1.62. The lowest BCUT2D eigenvalue weighted by atomic mass is 10.1. The third-order valence-corrected chi connectivity index (χ3v) is 4.47. The molecule has 0 radical (unpaired) electrons. The summed E-state index contributed by atoms with van der Waals surface area (Å²) in [6, 6.07) is 4.10. The van der Waals surface area contributed by atoms with E-state index >= 15 is 0 Å². The number of nitrogens with zero attached hydrogens (tertiary/aromatic N) is 2. The minimum Gasteiger partial charge on any atom is -0.390 e. The number of benzene rings is 1. The van der Waals surface area contributed by atoms with Crippen molar-refractivity contribution in [2.75, 3.05) is 39.4 Å². The van der Waals surface area contributed by atoms with Crippen molar-refractivity contribution in [3.05, 3.63) is 35.4 Å². The Morgan fingerprint density at radius 1 is 1.26 bits per heavy atom. The molecule has 0 spiro atoms. The Morgan fingerprint density at radius 3 is 2.65 bits per heavy atom. The van der Waals surface area contributed by atoms with Gasteiger partial charge in [0.05, 0.1) is 19.3 Å². The van der Waals surface area contributed by atoms with Crippen molar-refractivity contribution in [1.29, 1.82) is 0 Å². The molecule has 1 N–H and O–H groups in total. The number of aliphatic hydroxyl groups is 1. The highest BCUT2D eigenvalue weighted by molar-refractivity contribution is 5.18. The summed E-state index contributed by atoms with van der Waals surface area (Å²) in [5.41, 5.74) is 0.483. The molecule has 2 fully saturated rings. The van der Waals surface area contributed by atoms with Crippen molar-refractivity contribution in [2.45, 2.75) is 31.5 Å². The fourth-order valence-corrected chi connectivity index (χ4v) is 3.06. The van der Waals surface area contributed by atoms with Crippen molar-refractivity contribution < 1.29 is 18.6 Å². The van der Waals surface area contributed by atoms with Gasteiger partial charge >= 0.3 is 0 Å². The van der Waals surface area contributed by atoms with Crippen LogP contribution < -0.4 is 0 Å². The standard InChI is InChI=1S/C17H24F2N2O2/c18-14-2-1-13(17(19)9-14)10-21(15-3-4-15)12-16(22)11-20-5-7-23-8-6-20/h1-2,9,15-16,22H,3-8,10-12H2/t16-/m0/s1. The van der Waals surface area contributed by atoms with E-state index < -0.39 is 17.7 Å². The molecule has 1 saturated carbocycles. The molecular weight excluding hydrogens is 302 g/mol. The SMILES string of the molecule is O[C@@H](CN1CCOCC1)CN(Cc1ccc(F)cc1F)C1CC1. The van der Waals surface area contributed by atoms with E-state index in [1.165, 1.54) is 12.1 Å². The molecule has 128 valence electrons. The van der Waals surface area contributed by atoms with Crippen LogP contribution in [-0.4, -0.2) is 66.4 Å². The average molecular weight is 326 g/mol. The summed E-state index contributed by atoms with van der Waals surface area (Å²) < 4.78 is 32.2. The molecule has 0 bridgehead atoms. The van der Waals surface area contributed by atoms with Crippen molar-refractivity contribution in [3.8, 4) is 0 Å². The second-order valence-corrected chi connectivity index (χ2v) is 6.46. The molecule has 0 amide bonds. The third-order valence-electron chi connectivity index (χ3n) is 4.47. The first kappa shape index (κ1) is 16.8. The number of halogens is 2. The maximum atomic E-state index is 13.9. The van der Waals surface area contributed by atoms with Gasteiger partial charge in [-0.3, -0.25) is 9.80 Å². The van der Waals surface area contributed by atoms with E-state index in [0.29, 0.717) is 44.5 Å². The molecule has 0 unspecified atom stereocenters. The quantitative estimate of drug-likeness (QED) is 0.826. The number of aliphatic hydroxyl groups excluding tert-OH is 1. The van der Waals surface area contributed by atoms with Crippen molar-refractivity contribution >= 4 is 0 Å². The molecule has 1 atom stereocenters. The zero-order chi connectivity index (χ0) is 16.2. The van der Waals surface area contributed by atoms with Gasteiger partial charge in [0, 0.05) is 50.4 Å². The Kier molecular flexibility index (Phi) is 5.58. The van der Waals surface area contributed by atoms with E-state index in [-0.39, 0.29) is 0 Å². The first-order valence-corrected chi connectivity index (χ1v) is 8.28. The molecule has 0 aromatic heterocycles. The first-order chi connectivity index (χ1) is 11.1. The van der Waals surface area contributed by atoms with Gasteiger partial charge < -0.3 is 9.84 Å². The van der Waals surface area contributed by atoms with Gasteiger partial charge in [-0.25, -0.2) is 8.78 Å². The van der Waals surface area contributed by atoms with Crippen LogP contribution in [0.2, 0.25) is 0 Å². The molecule has 1 aromatic carbocycles. The van der Waals surface area contributed by atoms with Gasteiger partial charge in [0.2, 0.25) is 0 Å². The lowest BCUT2D eigenvalue weighted by Crippen LogP contribution is -2.45. The molecular formula is C17H24F2N2O2. The second-order valence-electron chi connectivity index (χ2n) is 6.46. The summed E-state index contributed by atoms with van der Waals surface area (Å²) in [6.07, 6.45) is 1.68. The molecule has 2 aliphatic rings. The minimum absolute atomic E-state index is 0.402. The Balaban J connectivity index is 1.56. The summed E-state index contributed by atoms with van der Waals surface area (Å²) in [5.74, 6) is -1.07. The number of morpholine rings is 1. The monoisotopic (exact) mass is 326 g/mol. The van der Waals surface area contributed by atoms with Gasteiger partial charge in [-0.15, -0.1) is 0 Å². The van der Waals surface area contributed by atoms with E-state index in [9.17, 15) is 13.9 Å². The Morgan fingerprint density at radius 2 is 2.00 bits per heavy atom. The molecule has 1 aromatic rings. The van der Waals surface area contributed by atoms with E-state index in [4.69, 9.17) is 4.74 Å². The highest BCUT2D eigenvalue weighted by Crippen LogP contribution is 2.29. The molecule has 1 aliphatic carbocycles. The molecule has 4 nitrogen and oxygen atoms in total. The topological polar surface area (TPSA) is 35.9 Å². The van der Waals surface area contributed by atoms with Gasteiger partial charge in [-0.1, -0.05) is 6.07 Å². The van der Waals surface area contributed by atoms with Crippen molar-refractivity contribution in [3.63, 3.8) is 0 Å². The maximum Gasteiger partial charge on any atom is 0.130 e. The fraction of sp³-hybridized carbons (Fsp3) is 0.647. The van der Waals surface area contributed by atoms with Crippen LogP contribution in [0.1, 0.15) is 18.4 Å². The summed E-state index contributed by atoms with van der Waals surface area (Å²) in [7, 11) is 0. The Labute approximate surface area is 135 Å². The van der Waals surface area contributed by atoms with Crippen LogP contribution in [0.3, 0.4) is 0 Å². The predicted molar refractivity (Wildman–Crippen MR) is 83.1 cm³/mol. The molecule has 1 aliphatic heterocycles.